The number of benzene rings is 2. The van der Waals surface area contributed by atoms with E-state index in [1.165, 1.54) is 17.8 Å². The lowest BCUT2D eigenvalue weighted by Crippen LogP contribution is -1.87. The van der Waals surface area contributed by atoms with Gasteiger partial charge in [0.1, 0.15) is 0 Å². The number of hydrogen-bond acceptors (Lipinski definition) is 2. The zero-order valence-corrected chi connectivity index (χ0v) is 10.7. The number of rotatable bonds is 3. The first-order chi connectivity index (χ1) is 9.22. The number of halogens is 2. The fourth-order valence-electron chi connectivity index (χ4n) is 1.78. The molecule has 0 saturated heterocycles. The molecule has 0 aliphatic carbocycles. The molecule has 2 aromatic carbocycles. The van der Waals surface area contributed by atoms with E-state index in [0.29, 0.717) is 5.75 Å². The van der Waals surface area contributed by atoms with Crippen molar-refractivity contribution in [1.29, 1.82) is 0 Å². The van der Waals surface area contributed by atoms with Crippen molar-refractivity contribution in [2.45, 2.75) is 10.9 Å². The number of fused-ring (bicyclic) bond motifs is 1. The molecular weight excluding hydrogens is 266 g/mol. The first kappa shape index (κ1) is 12.2. The molecule has 96 valence electrons. The maximum absolute atomic E-state index is 13.1. The van der Waals surface area contributed by atoms with E-state index in [9.17, 15) is 8.78 Å². The first-order valence-electron chi connectivity index (χ1n) is 5.74. The summed E-state index contributed by atoms with van der Waals surface area (Å²) in [4.78, 5) is 7.58. The van der Waals surface area contributed by atoms with E-state index in [0.717, 1.165) is 27.8 Å². The lowest BCUT2D eigenvalue weighted by atomic mass is 10.2. The maximum Gasteiger partial charge on any atom is 0.166 e. The summed E-state index contributed by atoms with van der Waals surface area (Å²) in [5.41, 5.74) is 2.59. The highest BCUT2D eigenvalue weighted by atomic mass is 32.2. The van der Waals surface area contributed by atoms with E-state index >= 15 is 0 Å². The summed E-state index contributed by atoms with van der Waals surface area (Å²) >= 11 is 1.46. The Hall–Kier alpha value is -1.88. The summed E-state index contributed by atoms with van der Waals surface area (Å²) in [6, 6.07) is 11.7. The van der Waals surface area contributed by atoms with Crippen LogP contribution in [0.15, 0.2) is 47.6 Å². The van der Waals surface area contributed by atoms with E-state index in [-0.39, 0.29) is 0 Å². The van der Waals surface area contributed by atoms with Crippen LogP contribution in [-0.4, -0.2) is 9.97 Å². The average molecular weight is 276 g/mol. The Kier molecular flexibility index (Phi) is 3.21. The van der Waals surface area contributed by atoms with Crippen LogP contribution in [0, 0.1) is 11.6 Å². The molecule has 0 aliphatic heterocycles. The van der Waals surface area contributed by atoms with E-state index in [1.807, 2.05) is 24.3 Å². The predicted molar refractivity (Wildman–Crippen MR) is 72.0 cm³/mol. The molecule has 0 unspecified atom stereocenters. The average Bonchev–Trinajstić information content (AvgIpc) is 2.83. The van der Waals surface area contributed by atoms with Gasteiger partial charge in [-0.05, 0) is 29.8 Å². The quantitative estimate of drug-likeness (QED) is 0.728. The number of nitrogens with one attached hydrogen (secondary N) is 1. The molecule has 0 aliphatic rings. The van der Waals surface area contributed by atoms with E-state index in [1.54, 1.807) is 6.07 Å². The van der Waals surface area contributed by atoms with Crippen molar-refractivity contribution in [2.75, 3.05) is 0 Å². The van der Waals surface area contributed by atoms with Gasteiger partial charge in [0.2, 0.25) is 0 Å². The molecule has 0 bridgehead atoms. The third-order valence-corrected chi connectivity index (χ3v) is 3.67. The maximum atomic E-state index is 13.1. The van der Waals surface area contributed by atoms with Crippen molar-refractivity contribution in [3.05, 3.63) is 59.7 Å². The summed E-state index contributed by atoms with van der Waals surface area (Å²) in [5, 5.41) is 0.769. The standard InChI is InChI=1S/C14H10F2N2S/c15-10-6-5-9(7-11(10)16)8-19-14-17-12-3-1-2-4-13(12)18-14/h1-7H,8H2,(H,17,18). The highest BCUT2D eigenvalue weighted by Gasteiger charge is 2.05. The highest BCUT2D eigenvalue weighted by molar-refractivity contribution is 7.98. The van der Waals surface area contributed by atoms with Crippen LogP contribution in [0.2, 0.25) is 0 Å². The van der Waals surface area contributed by atoms with Crippen molar-refractivity contribution in [3.63, 3.8) is 0 Å². The molecule has 0 amide bonds. The molecule has 5 heteroatoms. The second-order valence-electron chi connectivity index (χ2n) is 4.10. The third kappa shape index (κ3) is 2.61. The predicted octanol–water partition coefficient (Wildman–Crippen LogP) is 4.13. The monoisotopic (exact) mass is 276 g/mol. The molecule has 0 atom stereocenters. The Morgan fingerprint density at radius 2 is 1.89 bits per heavy atom. The molecule has 0 spiro atoms. The number of aromatic nitrogens is 2. The molecule has 3 rings (SSSR count). The van der Waals surface area contributed by atoms with Crippen LogP contribution in [0.5, 0.6) is 0 Å². The second-order valence-corrected chi connectivity index (χ2v) is 5.06. The Balaban J connectivity index is 1.76. The fraction of sp³-hybridized carbons (Fsp3) is 0.0714. The second kappa shape index (κ2) is 5.01. The van der Waals surface area contributed by atoms with E-state index < -0.39 is 11.6 Å². The molecule has 19 heavy (non-hydrogen) atoms. The molecule has 3 aromatic rings. The Morgan fingerprint density at radius 1 is 1.05 bits per heavy atom. The van der Waals surface area contributed by atoms with Crippen molar-refractivity contribution in [1.82, 2.24) is 9.97 Å². The summed E-state index contributed by atoms with van der Waals surface area (Å²) in [6.07, 6.45) is 0. The minimum atomic E-state index is -0.822. The normalized spacial score (nSPS) is 11.1. The molecule has 1 aromatic heterocycles. The van der Waals surface area contributed by atoms with Gasteiger partial charge in [0.05, 0.1) is 11.0 Å². The smallest absolute Gasteiger partial charge is 0.166 e. The van der Waals surface area contributed by atoms with Crippen molar-refractivity contribution in [3.8, 4) is 0 Å². The zero-order valence-electron chi connectivity index (χ0n) is 9.86. The lowest BCUT2D eigenvalue weighted by Gasteiger charge is -2.00. The highest BCUT2D eigenvalue weighted by Crippen LogP contribution is 2.23. The number of aromatic amines is 1. The van der Waals surface area contributed by atoms with Crippen LogP contribution in [0.25, 0.3) is 11.0 Å². The van der Waals surface area contributed by atoms with Crippen LogP contribution in [0.3, 0.4) is 0 Å². The number of para-hydroxylation sites is 2. The van der Waals surface area contributed by atoms with Crippen LogP contribution in [0.1, 0.15) is 5.56 Å². The van der Waals surface area contributed by atoms with Gasteiger partial charge in [0.15, 0.2) is 16.8 Å². The molecule has 2 nitrogen and oxygen atoms in total. The molecule has 0 radical (unpaired) electrons. The van der Waals surface area contributed by atoms with Gasteiger partial charge >= 0.3 is 0 Å². The van der Waals surface area contributed by atoms with E-state index in [4.69, 9.17) is 0 Å². The Labute approximate surface area is 112 Å². The Bertz CT molecular complexity index is 691. The van der Waals surface area contributed by atoms with Crippen LogP contribution < -0.4 is 0 Å². The van der Waals surface area contributed by atoms with Crippen molar-refractivity contribution in [2.24, 2.45) is 0 Å². The van der Waals surface area contributed by atoms with Crippen LogP contribution in [-0.2, 0) is 5.75 Å². The van der Waals surface area contributed by atoms with Gasteiger partial charge in [-0.2, -0.15) is 0 Å². The summed E-state index contributed by atoms with van der Waals surface area (Å²) in [6.45, 7) is 0. The summed E-state index contributed by atoms with van der Waals surface area (Å²) < 4.78 is 25.9. The van der Waals surface area contributed by atoms with Gasteiger partial charge in [-0.1, -0.05) is 30.0 Å². The van der Waals surface area contributed by atoms with Crippen molar-refractivity contribution >= 4 is 22.8 Å². The van der Waals surface area contributed by atoms with Gasteiger partial charge in [-0.15, -0.1) is 0 Å². The SMILES string of the molecule is Fc1ccc(CSc2nc3ccccc3[nH]2)cc1F. The molecule has 0 fully saturated rings. The number of nitrogens with zero attached hydrogens (tertiary/aromatic N) is 1. The number of imidazole rings is 1. The largest absolute Gasteiger partial charge is 0.333 e. The van der Waals surface area contributed by atoms with Crippen LogP contribution in [0.4, 0.5) is 8.78 Å². The summed E-state index contributed by atoms with van der Waals surface area (Å²) in [7, 11) is 0. The summed E-state index contributed by atoms with van der Waals surface area (Å²) in [5.74, 6) is -1.10. The Morgan fingerprint density at radius 3 is 2.68 bits per heavy atom. The molecule has 0 saturated carbocycles. The van der Waals surface area contributed by atoms with Gasteiger partial charge in [0.25, 0.3) is 0 Å². The van der Waals surface area contributed by atoms with Gasteiger partial charge in [0, 0.05) is 5.75 Å². The number of hydrogen-bond donors (Lipinski definition) is 1. The van der Waals surface area contributed by atoms with Gasteiger partial charge in [-0.3, -0.25) is 0 Å². The fourth-order valence-corrected chi connectivity index (χ4v) is 2.61. The van der Waals surface area contributed by atoms with Gasteiger partial charge < -0.3 is 4.98 Å². The van der Waals surface area contributed by atoms with E-state index in [2.05, 4.69) is 9.97 Å². The lowest BCUT2D eigenvalue weighted by molar-refractivity contribution is 0.507. The number of thioether (sulfide) groups is 1. The van der Waals surface area contributed by atoms with Gasteiger partial charge in [-0.25, -0.2) is 13.8 Å². The zero-order chi connectivity index (χ0) is 13.2. The van der Waals surface area contributed by atoms with Crippen molar-refractivity contribution < 1.29 is 8.78 Å². The number of H-pyrrole nitrogens is 1. The topological polar surface area (TPSA) is 28.7 Å². The molecular formula is C14H10F2N2S. The minimum absolute atomic E-state index is 0.539. The molecule has 1 N–H and O–H groups in total. The van der Waals surface area contributed by atoms with Crippen LogP contribution >= 0.6 is 11.8 Å². The third-order valence-electron chi connectivity index (χ3n) is 2.73. The molecule has 1 heterocycles. The minimum Gasteiger partial charge on any atom is -0.333 e. The first-order valence-corrected chi connectivity index (χ1v) is 6.72.